The Morgan fingerprint density at radius 3 is 2.35 bits per heavy atom. The summed E-state index contributed by atoms with van der Waals surface area (Å²) in [6.45, 7) is 0.412. The van der Waals surface area contributed by atoms with Crippen LogP contribution in [0.3, 0.4) is 0 Å². The van der Waals surface area contributed by atoms with Crippen LogP contribution in [0.1, 0.15) is 18.4 Å². The molecule has 0 saturated carbocycles. The molecule has 7 heteroatoms. The summed E-state index contributed by atoms with van der Waals surface area (Å²) < 4.78 is 36.3. The summed E-state index contributed by atoms with van der Waals surface area (Å²) in [5.41, 5.74) is 6.13. The van der Waals surface area contributed by atoms with Gasteiger partial charge in [-0.05, 0) is 24.9 Å². The molecule has 0 bridgehead atoms. The van der Waals surface area contributed by atoms with Gasteiger partial charge in [-0.15, -0.1) is 12.4 Å². The van der Waals surface area contributed by atoms with Crippen LogP contribution in [0.5, 0.6) is 0 Å². The summed E-state index contributed by atoms with van der Waals surface area (Å²) in [6.07, 6.45) is -4.97. The molecule has 3 nitrogen and oxygen atoms in total. The summed E-state index contributed by atoms with van der Waals surface area (Å²) in [6, 6.07) is 8.53. The molecule has 0 spiro atoms. The van der Waals surface area contributed by atoms with Crippen LogP contribution in [0.2, 0.25) is 0 Å². The van der Waals surface area contributed by atoms with E-state index >= 15 is 0 Å². The molecule has 0 aliphatic rings. The molecule has 1 rings (SSSR count). The van der Waals surface area contributed by atoms with Gasteiger partial charge >= 0.3 is 6.18 Å². The number of carbonyl (C=O) groups is 1. The van der Waals surface area contributed by atoms with Crippen LogP contribution in [0.4, 0.5) is 13.2 Å². The minimum Gasteiger partial charge on any atom is -0.368 e. The Hall–Kier alpha value is -1.27. The molecule has 1 atom stereocenters. The van der Waals surface area contributed by atoms with Gasteiger partial charge in [0.15, 0.2) is 0 Å². The fourth-order valence-electron chi connectivity index (χ4n) is 1.69. The molecule has 1 aromatic rings. The van der Waals surface area contributed by atoms with Crippen molar-refractivity contribution in [3.63, 3.8) is 0 Å². The normalized spacial score (nSPS) is 12.6. The lowest BCUT2D eigenvalue weighted by molar-refractivity contribution is -0.138. The number of nitrogens with two attached hydrogens (primary N) is 1. The average molecular weight is 311 g/mol. The summed E-state index contributed by atoms with van der Waals surface area (Å²) in [5, 5.41) is 2.77. The van der Waals surface area contributed by atoms with Crippen molar-refractivity contribution >= 4 is 18.3 Å². The van der Waals surface area contributed by atoms with Gasteiger partial charge in [-0.2, -0.15) is 13.2 Å². The van der Waals surface area contributed by atoms with E-state index in [9.17, 15) is 18.0 Å². The first-order valence-corrected chi connectivity index (χ1v) is 6.02. The monoisotopic (exact) mass is 310 g/mol. The minimum atomic E-state index is -4.27. The molecule has 0 saturated heterocycles. The van der Waals surface area contributed by atoms with Crippen molar-refractivity contribution in [3.05, 3.63) is 35.9 Å². The molecule has 1 amide bonds. The molecule has 114 valence electrons. The zero-order valence-electron chi connectivity index (χ0n) is 10.8. The molecule has 20 heavy (non-hydrogen) atoms. The highest BCUT2D eigenvalue weighted by molar-refractivity contribution is 5.85. The van der Waals surface area contributed by atoms with Gasteiger partial charge in [0.2, 0.25) is 5.91 Å². The van der Waals surface area contributed by atoms with Crippen molar-refractivity contribution in [2.45, 2.75) is 31.5 Å². The third-order valence-corrected chi connectivity index (χ3v) is 2.71. The number of benzene rings is 1. The fourth-order valence-corrected chi connectivity index (χ4v) is 1.69. The van der Waals surface area contributed by atoms with E-state index in [0.717, 1.165) is 5.56 Å². The zero-order chi connectivity index (χ0) is 14.3. The van der Waals surface area contributed by atoms with Gasteiger partial charge in [-0.3, -0.25) is 4.79 Å². The van der Waals surface area contributed by atoms with Crippen molar-refractivity contribution in [1.29, 1.82) is 0 Å². The topological polar surface area (TPSA) is 55.1 Å². The van der Waals surface area contributed by atoms with E-state index in [2.05, 4.69) is 5.32 Å². The second-order valence-electron chi connectivity index (χ2n) is 4.30. The van der Waals surface area contributed by atoms with E-state index in [1.54, 1.807) is 0 Å². The largest absolute Gasteiger partial charge is 0.389 e. The van der Waals surface area contributed by atoms with Crippen molar-refractivity contribution in [2.24, 2.45) is 5.73 Å². The Bertz CT molecular complexity index is 398. The number of amides is 1. The van der Waals surface area contributed by atoms with Gasteiger partial charge in [-0.1, -0.05) is 30.3 Å². The molecule has 0 aliphatic heterocycles. The Morgan fingerprint density at radius 2 is 1.85 bits per heavy atom. The van der Waals surface area contributed by atoms with Gasteiger partial charge in [0.1, 0.15) is 0 Å². The molecule has 1 aromatic carbocycles. The van der Waals surface area contributed by atoms with Crippen LogP contribution in [-0.4, -0.2) is 24.7 Å². The first kappa shape index (κ1) is 18.7. The van der Waals surface area contributed by atoms with E-state index in [4.69, 9.17) is 5.73 Å². The quantitative estimate of drug-likeness (QED) is 0.813. The van der Waals surface area contributed by atoms with Crippen molar-refractivity contribution < 1.29 is 18.0 Å². The van der Waals surface area contributed by atoms with Crippen LogP contribution >= 0.6 is 12.4 Å². The van der Waals surface area contributed by atoms with Crippen LogP contribution < -0.4 is 11.1 Å². The number of hydrogen-bond donors (Lipinski definition) is 2. The summed E-state index contributed by atoms with van der Waals surface area (Å²) in [7, 11) is 0. The van der Waals surface area contributed by atoms with Gasteiger partial charge in [0, 0.05) is 6.42 Å². The maximum atomic E-state index is 12.1. The summed E-state index contributed by atoms with van der Waals surface area (Å²) >= 11 is 0. The molecule has 0 aliphatic carbocycles. The number of hydrogen-bond acceptors (Lipinski definition) is 2. The fraction of sp³-hybridized carbons (Fsp3) is 0.462. The molecular weight excluding hydrogens is 293 g/mol. The average Bonchev–Trinajstić information content (AvgIpc) is 2.33. The van der Waals surface area contributed by atoms with Gasteiger partial charge < -0.3 is 11.1 Å². The van der Waals surface area contributed by atoms with E-state index in [1.165, 1.54) is 0 Å². The van der Waals surface area contributed by atoms with Gasteiger partial charge in [-0.25, -0.2) is 0 Å². The Balaban J connectivity index is 0.00000361. The standard InChI is InChI=1S/C13H17F3N2O.ClH/c14-13(15,16)8-6-11(12(17)19)18-9-7-10-4-2-1-3-5-10;/h1-5,11,18H,6-9H2,(H2,17,19);1H/t11-;/m1./s1. The van der Waals surface area contributed by atoms with E-state index in [1.807, 2.05) is 30.3 Å². The Labute approximate surface area is 122 Å². The summed E-state index contributed by atoms with van der Waals surface area (Å²) in [5.74, 6) is -0.752. The molecule has 0 fully saturated rings. The predicted octanol–water partition coefficient (Wildman–Crippen LogP) is 2.44. The van der Waals surface area contributed by atoms with Crippen molar-refractivity contribution in [2.75, 3.05) is 6.54 Å². The number of halogens is 4. The third kappa shape index (κ3) is 8.01. The molecule has 3 N–H and O–H groups in total. The second-order valence-corrected chi connectivity index (χ2v) is 4.30. The number of primary amides is 1. The smallest absolute Gasteiger partial charge is 0.368 e. The Morgan fingerprint density at radius 1 is 1.25 bits per heavy atom. The lowest BCUT2D eigenvalue weighted by Crippen LogP contribution is -2.42. The molecule has 0 unspecified atom stereocenters. The lowest BCUT2D eigenvalue weighted by atomic mass is 10.1. The Kier molecular flexibility index (Phi) is 8.25. The van der Waals surface area contributed by atoms with E-state index in [0.29, 0.717) is 13.0 Å². The highest BCUT2D eigenvalue weighted by Crippen LogP contribution is 2.22. The minimum absolute atomic E-state index is 0. The van der Waals surface area contributed by atoms with Crippen molar-refractivity contribution in [1.82, 2.24) is 5.32 Å². The maximum Gasteiger partial charge on any atom is 0.389 e. The third-order valence-electron chi connectivity index (χ3n) is 2.71. The highest BCUT2D eigenvalue weighted by Gasteiger charge is 2.29. The first-order valence-electron chi connectivity index (χ1n) is 6.02. The van der Waals surface area contributed by atoms with Gasteiger partial charge in [0.05, 0.1) is 6.04 Å². The van der Waals surface area contributed by atoms with E-state index < -0.39 is 24.5 Å². The highest BCUT2D eigenvalue weighted by atomic mass is 35.5. The van der Waals surface area contributed by atoms with Crippen molar-refractivity contribution in [3.8, 4) is 0 Å². The zero-order valence-corrected chi connectivity index (χ0v) is 11.6. The van der Waals surface area contributed by atoms with Gasteiger partial charge in [0.25, 0.3) is 0 Å². The number of nitrogens with one attached hydrogen (secondary N) is 1. The molecule has 0 heterocycles. The van der Waals surface area contributed by atoms with Crippen LogP contribution in [0, 0.1) is 0 Å². The van der Waals surface area contributed by atoms with Crippen LogP contribution in [-0.2, 0) is 11.2 Å². The lowest BCUT2D eigenvalue weighted by Gasteiger charge is -2.16. The van der Waals surface area contributed by atoms with Crippen LogP contribution in [0.15, 0.2) is 30.3 Å². The summed E-state index contributed by atoms with van der Waals surface area (Å²) in [4.78, 5) is 11.1. The first-order chi connectivity index (χ1) is 8.88. The van der Waals surface area contributed by atoms with Crippen LogP contribution in [0.25, 0.3) is 0 Å². The SMILES string of the molecule is Cl.NC(=O)[C@@H](CCC(F)(F)F)NCCc1ccccc1. The van der Waals surface area contributed by atoms with E-state index in [-0.39, 0.29) is 18.8 Å². The maximum absolute atomic E-state index is 12.1. The predicted molar refractivity (Wildman–Crippen MR) is 73.7 cm³/mol. The molecule has 0 radical (unpaired) electrons. The second kappa shape index (κ2) is 8.81. The number of rotatable bonds is 7. The molecular formula is C13H18ClF3N2O. The number of alkyl halides is 3. The molecule has 0 aromatic heterocycles. The number of carbonyl (C=O) groups excluding carboxylic acids is 1.